The minimum Gasteiger partial charge on any atom is -0.472 e. The Morgan fingerprint density at radius 3 is 2.55 bits per heavy atom. The molecule has 2 heterocycles. The van der Waals surface area contributed by atoms with Crippen LogP contribution >= 0.6 is 0 Å². The molecule has 0 saturated heterocycles. The molecule has 2 amide bonds. The first-order chi connectivity index (χ1) is 18.3. The third-order valence-corrected chi connectivity index (χ3v) is 6.70. The molecule has 8 heteroatoms. The molecule has 1 aliphatic heterocycles. The van der Waals surface area contributed by atoms with E-state index in [9.17, 15) is 19.1 Å². The molecule has 3 atom stereocenters. The highest BCUT2D eigenvalue weighted by molar-refractivity contribution is 5.97. The van der Waals surface area contributed by atoms with Crippen LogP contribution in [0.1, 0.15) is 45.7 Å². The lowest BCUT2D eigenvalue weighted by Crippen LogP contribution is -2.50. The van der Waals surface area contributed by atoms with Gasteiger partial charge >= 0.3 is 0 Å². The van der Waals surface area contributed by atoms with Crippen LogP contribution in [0.5, 0.6) is 5.88 Å². The summed E-state index contributed by atoms with van der Waals surface area (Å²) in [5, 5.41) is 9.86. The summed E-state index contributed by atoms with van der Waals surface area (Å²) < 4.78 is 19.6. The molecule has 1 aliphatic rings. The number of fused-ring (bicyclic) bond motifs is 1. The first kappa shape index (κ1) is 27.0. The maximum Gasteiger partial charge on any atom is 0.259 e. The fourth-order valence-corrected chi connectivity index (χ4v) is 4.35. The Labute approximate surface area is 222 Å². The van der Waals surface area contributed by atoms with Crippen molar-refractivity contribution < 1.29 is 23.8 Å². The molecule has 1 aromatic heterocycles. The van der Waals surface area contributed by atoms with E-state index >= 15 is 0 Å². The molecular formula is C30H32FN3O4. The minimum atomic E-state index is -0.483. The topological polar surface area (TPSA) is 83.0 Å². The van der Waals surface area contributed by atoms with Crippen molar-refractivity contribution in [2.24, 2.45) is 5.92 Å². The molecule has 0 fully saturated rings. The van der Waals surface area contributed by atoms with Crippen molar-refractivity contribution in [1.82, 2.24) is 14.8 Å². The number of benzene rings is 2. The number of pyridine rings is 1. The van der Waals surface area contributed by atoms with Crippen molar-refractivity contribution in [3.05, 3.63) is 94.9 Å². The summed E-state index contributed by atoms with van der Waals surface area (Å²) in [5.74, 6) is -0.950. The van der Waals surface area contributed by atoms with E-state index in [0.29, 0.717) is 17.7 Å². The molecule has 0 bridgehead atoms. The van der Waals surface area contributed by atoms with Gasteiger partial charge in [0.25, 0.3) is 11.8 Å². The highest BCUT2D eigenvalue weighted by Gasteiger charge is 2.34. The second kappa shape index (κ2) is 12.0. The molecule has 38 heavy (non-hydrogen) atoms. The van der Waals surface area contributed by atoms with Gasteiger partial charge in [0.1, 0.15) is 17.5 Å². The Kier molecular flexibility index (Phi) is 8.53. The molecule has 2 aromatic carbocycles. The SMILES string of the molecule is C[C@H](CO)N1C[C@H](C)[C@@H](CN(C)C(=O)c2ccc(F)cc2)Oc2ncc(/C=C/c3ccccc3)cc2C1=O. The van der Waals surface area contributed by atoms with Gasteiger partial charge in [-0.25, -0.2) is 9.37 Å². The number of ether oxygens (including phenoxy) is 1. The van der Waals surface area contributed by atoms with E-state index in [4.69, 9.17) is 4.74 Å². The summed E-state index contributed by atoms with van der Waals surface area (Å²) in [6.45, 7) is 4.09. The molecule has 1 N–H and O–H groups in total. The standard InChI is InChI=1S/C30H32FN3O4/c1-20-17-34(21(2)19-35)30(37)26-15-23(10-9-22-7-5-4-6-8-22)16-32-28(26)38-27(20)18-33(3)29(36)24-11-13-25(31)14-12-24/h4-16,20-21,27,35H,17-19H2,1-3H3/b10-9+/t20-,21+,27+/m0/s1. The van der Waals surface area contributed by atoms with Crippen molar-refractivity contribution in [1.29, 1.82) is 0 Å². The maximum atomic E-state index is 13.6. The molecular weight excluding hydrogens is 485 g/mol. The Bertz CT molecular complexity index is 1300. The van der Waals surface area contributed by atoms with Crippen molar-refractivity contribution in [2.75, 3.05) is 26.7 Å². The van der Waals surface area contributed by atoms with E-state index < -0.39 is 18.0 Å². The lowest BCUT2D eigenvalue weighted by Gasteiger charge is -2.37. The van der Waals surface area contributed by atoms with Gasteiger partial charge < -0.3 is 19.6 Å². The molecule has 0 saturated carbocycles. The molecule has 0 unspecified atom stereocenters. The number of rotatable bonds is 7. The highest BCUT2D eigenvalue weighted by Crippen LogP contribution is 2.28. The Morgan fingerprint density at radius 2 is 1.87 bits per heavy atom. The summed E-state index contributed by atoms with van der Waals surface area (Å²) in [6.07, 6.45) is 4.97. The average molecular weight is 518 g/mol. The molecule has 0 spiro atoms. The molecule has 198 valence electrons. The number of amides is 2. The zero-order chi connectivity index (χ0) is 27.2. The lowest BCUT2D eigenvalue weighted by molar-refractivity contribution is 0.0313. The second-order valence-electron chi connectivity index (χ2n) is 9.68. The largest absolute Gasteiger partial charge is 0.472 e. The van der Waals surface area contributed by atoms with Crippen LogP contribution in [0.15, 0.2) is 66.9 Å². The van der Waals surface area contributed by atoms with E-state index in [1.54, 1.807) is 31.1 Å². The zero-order valence-electron chi connectivity index (χ0n) is 21.8. The van der Waals surface area contributed by atoms with Gasteiger partial charge in [0, 0.05) is 31.3 Å². The number of nitrogens with zero attached hydrogens (tertiary/aromatic N) is 3. The van der Waals surface area contributed by atoms with Crippen LogP contribution in [0.3, 0.4) is 0 Å². The van der Waals surface area contributed by atoms with Crippen molar-refractivity contribution in [3.63, 3.8) is 0 Å². The zero-order valence-corrected chi connectivity index (χ0v) is 21.8. The summed E-state index contributed by atoms with van der Waals surface area (Å²) in [5.41, 5.74) is 2.41. The van der Waals surface area contributed by atoms with Gasteiger partial charge in [-0.05, 0) is 48.4 Å². The van der Waals surface area contributed by atoms with Crippen LogP contribution in [-0.2, 0) is 0 Å². The maximum absolute atomic E-state index is 13.6. The van der Waals surface area contributed by atoms with Gasteiger partial charge in [-0.2, -0.15) is 0 Å². The molecule has 3 aromatic rings. The second-order valence-corrected chi connectivity index (χ2v) is 9.68. The molecule has 7 nitrogen and oxygen atoms in total. The number of aliphatic hydroxyl groups is 1. The molecule has 4 rings (SSSR count). The first-order valence-electron chi connectivity index (χ1n) is 12.6. The number of halogens is 1. The Balaban J connectivity index is 1.63. The highest BCUT2D eigenvalue weighted by atomic mass is 19.1. The van der Waals surface area contributed by atoms with Crippen molar-refractivity contribution in [2.45, 2.75) is 26.0 Å². The predicted molar refractivity (Wildman–Crippen MR) is 144 cm³/mol. The normalized spacial score (nSPS) is 18.3. The fraction of sp³-hybridized carbons (Fsp3) is 0.300. The molecule has 0 radical (unpaired) electrons. The van der Waals surface area contributed by atoms with Gasteiger partial charge in [0.15, 0.2) is 0 Å². The summed E-state index contributed by atoms with van der Waals surface area (Å²) >= 11 is 0. The van der Waals surface area contributed by atoms with Crippen molar-refractivity contribution in [3.8, 4) is 5.88 Å². The van der Waals surface area contributed by atoms with Crippen molar-refractivity contribution >= 4 is 24.0 Å². The third kappa shape index (κ3) is 6.26. The Hall–Kier alpha value is -4.04. The van der Waals surface area contributed by atoms with Crippen LogP contribution < -0.4 is 4.74 Å². The molecule has 0 aliphatic carbocycles. The van der Waals surface area contributed by atoms with E-state index in [0.717, 1.165) is 11.1 Å². The summed E-state index contributed by atoms with van der Waals surface area (Å²) in [6, 6.07) is 16.5. The minimum absolute atomic E-state index is 0.177. The van der Waals surface area contributed by atoms with Gasteiger partial charge in [-0.15, -0.1) is 0 Å². The monoisotopic (exact) mass is 517 g/mol. The van der Waals surface area contributed by atoms with E-state index in [1.807, 2.05) is 49.4 Å². The van der Waals surface area contributed by atoms with E-state index in [-0.39, 0.29) is 36.8 Å². The summed E-state index contributed by atoms with van der Waals surface area (Å²) in [7, 11) is 1.66. The number of likely N-dealkylation sites (N-methyl/N-ethyl adjacent to an activating group) is 1. The number of hydrogen-bond acceptors (Lipinski definition) is 5. The van der Waals surface area contributed by atoms with Gasteiger partial charge in [0.05, 0.1) is 19.2 Å². The van der Waals surface area contributed by atoms with Gasteiger partial charge in [-0.1, -0.05) is 49.4 Å². The van der Waals surface area contributed by atoms with E-state index in [1.165, 1.54) is 29.2 Å². The van der Waals surface area contributed by atoms with Crippen LogP contribution in [0.25, 0.3) is 12.2 Å². The van der Waals surface area contributed by atoms with Gasteiger partial charge in [0.2, 0.25) is 5.88 Å². The fourth-order valence-electron chi connectivity index (χ4n) is 4.35. The number of aromatic nitrogens is 1. The number of aliphatic hydroxyl groups excluding tert-OH is 1. The number of carbonyl (C=O) groups is 2. The number of carbonyl (C=O) groups excluding carboxylic acids is 2. The van der Waals surface area contributed by atoms with Crippen LogP contribution in [0, 0.1) is 11.7 Å². The lowest BCUT2D eigenvalue weighted by atomic mass is 9.99. The third-order valence-electron chi connectivity index (χ3n) is 6.70. The van der Waals surface area contributed by atoms with Crippen LogP contribution in [0.2, 0.25) is 0 Å². The predicted octanol–water partition coefficient (Wildman–Crippen LogP) is 4.38. The van der Waals surface area contributed by atoms with Crippen LogP contribution in [-0.4, -0.2) is 70.6 Å². The Morgan fingerprint density at radius 1 is 1.18 bits per heavy atom. The van der Waals surface area contributed by atoms with Crippen LogP contribution in [0.4, 0.5) is 4.39 Å². The average Bonchev–Trinajstić information content (AvgIpc) is 2.94. The van der Waals surface area contributed by atoms with Gasteiger partial charge in [-0.3, -0.25) is 9.59 Å². The van der Waals surface area contributed by atoms with E-state index in [2.05, 4.69) is 4.98 Å². The summed E-state index contributed by atoms with van der Waals surface area (Å²) in [4.78, 5) is 34.2. The number of hydrogen-bond donors (Lipinski definition) is 1. The smallest absolute Gasteiger partial charge is 0.259 e. The quantitative estimate of drug-likeness (QED) is 0.503. The first-order valence-corrected chi connectivity index (χ1v) is 12.6.